The van der Waals surface area contributed by atoms with Gasteiger partial charge in [0.2, 0.25) is 11.4 Å². The fourth-order valence-corrected chi connectivity index (χ4v) is 2.73. The van der Waals surface area contributed by atoms with E-state index in [4.69, 9.17) is 15.2 Å². The third kappa shape index (κ3) is 3.24. The number of nitrogens with two attached hydrogens (primary N) is 1. The van der Waals surface area contributed by atoms with Gasteiger partial charge in [0.1, 0.15) is 22.6 Å². The molecule has 0 radical (unpaired) electrons. The smallest absolute Gasteiger partial charge is 0.265 e. The van der Waals surface area contributed by atoms with Gasteiger partial charge in [-0.3, -0.25) is 19.4 Å². The SMILES string of the molecule is COc1ccc(C(=O)Cc2nn(C)c3nc(N)[nH]c(=O)c3c2=O)c(OC)c1. The fraction of sp³-hybridized carbons (Fsp3) is 0.235. The lowest BCUT2D eigenvalue weighted by Gasteiger charge is -2.10. The number of nitrogens with one attached hydrogen (secondary N) is 1. The number of carbonyl (C=O) groups is 1. The summed E-state index contributed by atoms with van der Waals surface area (Å²) in [5, 5.41) is 3.88. The molecule has 0 fully saturated rings. The number of benzene rings is 1. The standard InChI is InChI=1S/C17H17N5O5/c1-22-15-13(16(25)20-17(18)19-15)14(24)10(21-22)7-11(23)9-5-4-8(26-2)6-12(9)27-3/h4-6H,7H2,1-3H3,(H3,18,19,20,25). The first-order valence-corrected chi connectivity index (χ1v) is 7.86. The highest BCUT2D eigenvalue weighted by Crippen LogP contribution is 2.25. The molecule has 0 amide bonds. The Morgan fingerprint density at radius 3 is 2.67 bits per heavy atom. The Kier molecular flexibility index (Phi) is 4.63. The minimum absolute atomic E-state index is 0.0412. The number of aromatic amines is 1. The van der Waals surface area contributed by atoms with E-state index in [0.29, 0.717) is 11.5 Å². The highest BCUT2D eigenvalue weighted by molar-refractivity contribution is 6.00. The maximum atomic E-state index is 12.7. The number of fused-ring (bicyclic) bond motifs is 1. The molecular formula is C17H17N5O5. The molecule has 2 aromatic heterocycles. The van der Waals surface area contributed by atoms with Crippen LogP contribution in [-0.4, -0.2) is 39.8 Å². The molecule has 0 aliphatic carbocycles. The van der Waals surface area contributed by atoms with Gasteiger partial charge in [-0.25, -0.2) is 4.68 Å². The van der Waals surface area contributed by atoms with Crippen LogP contribution in [0.15, 0.2) is 27.8 Å². The Morgan fingerprint density at radius 2 is 2.00 bits per heavy atom. The van der Waals surface area contributed by atoms with E-state index in [1.165, 1.54) is 25.9 Å². The monoisotopic (exact) mass is 371 g/mol. The van der Waals surface area contributed by atoms with Crippen LogP contribution in [0, 0.1) is 0 Å². The van der Waals surface area contributed by atoms with Crippen LogP contribution in [-0.2, 0) is 13.5 Å². The van der Waals surface area contributed by atoms with E-state index in [0.717, 1.165) is 0 Å². The number of Topliss-reactive ketones (excluding diaryl/α,β-unsaturated/α-hetero) is 1. The molecule has 0 unspecified atom stereocenters. The first kappa shape index (κ1) is 18.1. The largest absolute Gasteiger partial charge is 0.497 e. The third-order valence-electron chi connectivity index (χ3n) is 4.02. The van der Waals surface area contributed by atoms with E-state index in [2.05, 4.69) is 15.1 Å². The summed E-state index contributed by atoms with van der Waals surface area (Å²) in [6.07, 6.45) is -0.310. The minimum atomic E-state index is -0.684. The Bertz CT molecular complexity index is 1160. The van der Waals surface area contributed by atoms with E-state index in [-0.39, 0.29) is 34.7 Å². The van der Waals surface area contributed by atoms with E-state index < -0.39 is 16.8 Å². The number of aromatic nitrogens is 4. The average molecular weight is 371 g/mol. The van der Waals surface area contributed by atoms with Gasteiger partial charge in [0, 0.05) is 13.1 Å². The number of ether oxygens (including phenoxy) is 2. The van der Waals surface area contributed by atoms with E-state index in [1.54, 1.807) is 18.2 Å². The van der Waals surface area contributed by atoms with Gasteiger partial charge in [-0.2, -0.15) is 10.1 Å². The van der Waals surface area contributed by atoms with Crippen molar-refractivity contribution in [3.05, 3.63) is 50.0 Å². The molecule has 1 aromatic carbocycles. The number of nitrogen functional groups attached to an aromatic ring is 1. The molecule has 0 spiro atoms. The molecule has 10 heteroatoms. The molecule has 0 saturated carbocycles. The van der Waals surface area contributed by atoms with Crippen molar-refractivity contribution >= 4 is 22.8 Å². The van der Waals surface area contributed by atoms with Crippen LogP contribution in [0.2, 0.25) is 0 Å². The lowest BCUT2D eigenvalue weighted by Crippen LogP contribution is -2.27. The summed E-state index contributed by atoms with van der Waals surface area (Å²) in [6.45, 7) is 0. The third-order valence-corrected chi connectivity index (χ3v) is 4.02. The van der Waals surface area contributed by atoms with Crippen molar-refractivity contribution in [3.8, 4) is 11.5 Å². The van der Waals surface area contributed by atoms with Crippen molar-refractivity contribution in [1.82, 2.24) is 19.7 Å². The molecule has 3 N–H and O–H groups in total. The van der Waals surface area contributed by atoms with E-state index in [9.17, 15) is 14.4 Å². The second-order valence-electron chi connectivity index (χ2n) is 5.72. The van der Waals surface area contributed by atoms with Gasteiger partial charge in [-0.15, -0.1) is 0 Å². The normalized spacial score (nSPS) is 10.8. The number of rotatable bonds is 5. The van der Waals surface area contributed by atoms with Crippen molar-refractivity contribution in [2.75, 3.05) is 20.0 Å². The first-order chi connectivity index (χ1) is 12.8. The topological polar surface area (TPSA) is 142 Å². The summed E-state index contributed by atoms with van der Waals surface area (Å²) in [5.41, 5.74) is 4.39. The number of carbonyl (C=O) groups excluding carboxylic acids is 1. The zero-order chi connectivity index (χ0) is 19.7. The predicted molar refractivity (Wildman–Crippen MR) is 97.4 cm³/mol. The summed E-state index contributed by atoms with van der Waals surface area (Å²) in [5.74, 6) is 0.317. The minimum Gasteiger partial charge on any atom is -0.497 e. The van der Waals surface area contributed by atoms with Gasteiger partial charge in [-0.05, 0) is 12.1 Å². The number of hydrogen-bond acceptors (Lipinski definition) is 8. The number of ketones is 1. The fourth-order valence-electron chi connectivity index (χ4n) is 2.73. The quantitative estimate of drug-likeness (QED) is 0.599. The van der Waals surface area contributed by atoms with Crippen LogP contribution >= 0.6 is 0 Å². The molecule has 140 valence electrons. The van der Waals surface area contributed by atoms with Crippen molar-refractivity contribution in [3.63, 3.8) is 0 Å². The lowest BCUT2D eigenvalue weighted by atomic mass is 10.0. The van der Waals surface area contributed by atoms with Crippen LogP contribution in [0.4, 0.5) is 5.95 Å². The molecule has 27 heavy (non-hydrogen) atoms. The average Bonchev–Trinajstić information content (AvgIpc) is 2.64. The van der Waals surface area contributed by atoms with Crippen molar-refractivity contribution < 1.29 is 14.3 Å². The van der Waals surface area contributed by atoms with Crippen LogP contribution in [0.1, 0.15) is 16.1 Å². The van der Waals surface area contributed by atoms with E-state index >= 15 is 0 Å². The van der Waals surface area contributed by atoms with Crippen molar-refractivity contribution in [1.29, 1.82) is 0 Å². The van der Waals surface area contributed by atoms with E-state index in [1.807, 2.05) is 0 Å². The van der Waals surface area contributed by atoms with Crippen LogP contribution in [0.3, 0.4) is 0 Å². The molecule has 3 aromatic rings. The molecule has 3 rings (SSSR count). The van der Waals surface area contributed by atoms with Crippen molar-refractivity contribution in [2.45, 2.75) is 6.42 Å². The molecule has 0 saturated heterocycles. The molecular weight excluding hydrogens is 354 g/mol. The van der Waals surface area contributed by atoms with Gasteiger partial charge in [-0.1, -0.05) is 0 Å². The summed E-state index contributed by atoms with van der Waals surface area (Å²) in [6, 6.07) is 4.72. The molecule has 0 atom stereocenters. The Balaban J connectivity index is 2.08. The maximum absolute atomic E-state index is 12.7. The number of H-pyrrole nitrogens is 1. The highest BCUT2D eigenvalue weighted by Gasteiger charge is 2.20. The van der Waals surface area contributed by atoms with Gasteiger partial charge < -0.3 is 15.2 Å². The predicted octanol–water partition coefficient (Wildman–Crippen LogP) is 0.0416. The lowest BCUT2D eigenvalue weighted by molar-refractivity contribution is 0.0988. The summed E-state index contributed by atoms with van der Waals surface area (Å²) in [7, 11) is 4.43. The Morgan fingerprint density at radius 1 is 1.26 bits per heavy atom. The van der Waals surface area contributed by atoms with Gasteiger partial charge in [0.15, 0.2) is 11.4 Å². The summed E-state index contributed by atoms with van der Waals surface area (Å²) < 4.78 is 11.6. The molecule has 2 heterocycles. The van der Waals surface area contributed by atoms with Crippen LogP contribution in [0.25, 0.3) is 11.0 Å². The van der Waals surface area contributed by atoms with Crippen molar-refractivity contribution in [2.24, 2.45) is 7.05 Å². The number of anilines is 1. The first-order valence-electron chi connectivity index (χ1n) is 7.86. The molecule has 0 aliphatic heterocycles. The second kappa shape index (κ2) is 6.90. The zero-order valence-electron chi connectivity index (χ0n) is 14.9. The number of aryl methyl sites for hydroxylation is 1. The van der Waals surface area contributed by atoms with Crippen LogP contribution in [0.5, 0.6) is 11.5 Å². The molecule has 0 bridgehead atoms. The Hall–Kier alpha value is -3.69. The molecule has 10 nitrogen and oxygen atoms in total. The molecule has 0 aliphatic rings. The Labute approximate surface area is 152 Å². The second-order valence-corrected chi connectivity index (χ2v) is 5.72. The number of hydrogen-bond donors (Lipinski definition) is 2. The highest BCUT2D eigenvalue weighted by atomic mass is 16.5. The zero-order valence-corrected chi connectivity index (χ0v) is 14.9. The summed E-state index contributed by atoms with van der Waals surface area (Å²) >= 11 is 0. The number of methoxy groups -OCH3 is 2. The number of nitrogens with zero attached hydrogens (tertiary/aromatic N) is 3. The van der Waals surface area contributed by atoms with Crippen LogP contribution < -0.4 is 26.2 Å². The van der Waals surface area contributed by atoms with Gasteiger partial charge in [0.05, 0.1) is 26.2 Å². The van der Waals surface area contributed by atoms with Gasteiger partial charge >= 0.3 is 0 Å². The summed E-state index contributed by atoms with van der Waals surface area (Å²) in [4.78, 5) is 43.7. The maximum Gasteiger partial charge on any atom is 0.265 e. The van der Waals surface area contributed by atoms with Gasteiger partial charge in [0.25, 0.3) is 5.56 Å².